The largest absolute Gasteiger partial charge is 1.00 e. The molecule has 0 saturated heterocycles. The van der Waals surface area contributed by atoms with Gasteiger partial charge in [0.05, 0.1) is 26.2 Å². The highest BCUT2D eigenvalue weighted by atomic mass is 35.5. The molecule has 0 aliphatic carbocycles. The van der Waals surface area contributed by atoms with Crippen molar-refractivity contribution in [3.8, 4) is 0 Å². The van der Waals surface area contributed by atoms with Crippen molar-refractivity contribution in [3.05, 3.63) is 12.2 Å². The molecule has 0 heterocycles. The number of hydrogen-bond donors (Lipinski definition) is 1. The molecule has 54 heavy (non-hydrogen) atoms. The Kier molecular flexibility index (Phi) is 54.0. The minimum absolute atomic E-state index is 0. The van der Waals surface area contributed by atoms with Crippen LogP contribution in [0.25, 0.3) is 0 Å². The summed E-state index contributed by atoms with van der Waals surface area (Å²) in [6.07, 6.45) is 56.0. The van der Waals surface area contributed by atoms with E-state index in [2.05, 4.69) is 46.8 Å². The van der Waals surface area contributed by atoms with E-state index in [1.165, 1.54) is 255 Å². The molecule has 0 spiro atoms. The number of quaternary nitrogens is 1. The van der Waals surface area contributed by atoms with Crippen molar-refractivity contribution in [1.82, 2.24) is 0 Å². The summed E-state index contributed by atoms with van der Waals surface area (Å²) < 4.78 is 1.48. The first kappa shape index (κ1) is 57.8. The van der Waals surface area contributed by atoms with Gasteiger partial charge in [-0.25, -0.2) is 0 Å². The lowest BCUT2D eigenvalue weighted by Crippen LogP contribution is -3.00. The third-order valence-corrected chi connectivity index (χ3v) is 11.6. The molecule has 0 bridgehead atoms. The lowest BCUT2D eigenvalue weighted by molar-refractivity contribution is -0.929. The first-order chi connectivity index (χ1) is 26.0. The van der Waals surface area contributed by atoms with Crippen LogP contribution in [0.15, 0.2) is 12.2 Å². The highest BCUT2D eigenvalue weighted by Gasteiger charge is 2.25. The molecule has 0 radical (unpaired) electrons. The molecule has 0 fully saturated rings. The molecule has 4 heteroatoms. The van der Waals surface area contributed by atoms with Crippen LogP contribution in [0.4, 0.5) is 0 Å². The van der Waals surface area contributed by atoms with Gasteiger partial charge in [0.15, 0.2) is 0 Å². The summed E-state index contributed by atoms with van der Waals surface area (Å²) in [6.45, 7) is 17.5. The molecule has 0 unspecified atom stereocenters. The molecular weight excluding hydrogens is 682 g/mol. The van der Waals surface area contributed by atoms with Gasteiger partial charge in [0.2, 0.25) is 0 Å². The summed E-state index contributed by atoms with van der Waals surface area (Å²) in [6, 6.07) is 0. The van der Waals surface area contributed by atoms with Gasteiger partial charge in [0.25, 0.3) is 0 Å². The summed E-state index contributed by atoms with van der Waals surface area (Å²) in [5.41, 5.74) is 0. The van der Waals surface area contributed by atoms with Crippen molar-refractivity contribution < 1.29 is 26.8 Å². The Hall–Kier alpha value is -0.540. The van der Waals surface area contributed by atoms with Crippen LogP contribution in [0, 0.1) is 0 Å². The number of carbonyl (C=O) groups is 1. The number of aliphatic carboxylic acids is 1. The molecule has 0 aliphatic rings. The Morgan fingerprint density at radius 3 is 0.833 bits per heavy atom. The average Bonchev–Trinajstić information content (AvgIpc) is 3.15. The van der Waals surface area contributed by atoms with E-state index in [0.29, 0.717) is 6.42 Å². The Balaban J connectivity index is -0.00000106. The van der Waals surface area contributed by atoms with Crippen LogP contribution < -0.4 is 12.4 Å². The lowest BCUT2D eigenvalue weighted by atomic mass is 10.0. The minimum Gasteiger partial charge on any atom is -1.00 e. The smallest absolute Gasteiger partial charge is 0.303 e. The second-order valence-corrected chi connectivity index (χ2v) is 17.0. The second-order valence-electron chi connectivity index (χ2n) is 17.0. The van der Waals surface area contributed by atoms with Crippen LogP contribution in [0.2, 0.25) is 0 Å². The zero-order chi connectivity index (χ0) is 39.2. The van der Waals surface area contributed by atoms with Crippen LogP contribution in [0.5, 0.6) is 0 Å². The normalized spacial score (nSPS) is 11.5. The summed E-state index contributed by atoms with van der Waals surface area (Å²) >= 11 is 0. The van der Waals surface area contributed by atoms with Gasteiger partial charge in [-0.3, -0.25) is 4.79 Å². The molecule has 1 N–H and O–H groups in total. The average molecular weight is 785 g/mol. The third-order valence-electron chi connectivity index (χ3n) is 11.6. The maximum atomic E-state index is 10.3. The first-order valence-corrected chi connectivity index (χ1v) is 24.7. The topological polar surface area (TPSA) is 37.3 Å². The number of hydrogen-bond acceptors (Lipinski definition) is 1. The number of rotatable bonds is 43. The van der Waals surface area contributed by atoms with E-state index < -0.39 is 5.97 Å². The molecule has 0 atom stereocenters. The Bertz CT molecular complexity index is 641. The molecule has 0 aromatic heterocycles. The van der Waals surface area contributed by atoms with Crippen LogP contribution in [0.3, 0.4) is 0 Å². The van der Waals surface area contributed by atoms with Gasteiger partial charge in [0, 0.05) is 6.42 Å². The lowest BCUT2D eigenvalue weighted by Gasteiger charge is -2.40. The predicted octanol–water partition coefficient (Wildman–Crippen LogP) is 14.4. The van der Waals surface area contributed by atoms with Crippen molar-refractivity contribution in [3.63, 3.8) is 0 Å². The van der Waals surface area contributed by atoms with Crippen molar-refractivity contribution in [2.45, 2.75) is 279 Å². The number of allylic oxidation sites excluding steroid dienone is 2. The molecule has 0 aliphatic heterocycles. The van der Waals surface area contributed by atoms with Crippen molar-refractivity contribution in [2.24, 2.45) is 0 Å². The Morgan fingerprint density at radius 1 is 0.352 bits per heavy atom. The van der Waals surface area contributed by atoms with Gasteiger partial charge >= 0.3 is 5.97 Å². The van der Waals surface area contributed by atoms with E-state index in [1.807, 2.05) is 0 Å². The van der Waals surface area contributed by atoms with E-state index in [4.69, 9.17) is 5.11 Å². The van der Waals surface area contributed by atoms with Gasteiger partial charge in [-0.05, 0) is 83.5 Å². The molecule has 0 aromatic rings. The van der Waals surface area contributed by atoms with Gasteiger partial charge in [-0.1, -0.05) is 201 Å². The SMILES string of the molecule is CCCCCCCC/C=C\CCCCCCCC(=O)O.CCCCCCCC[N+](CCCCCCCC)(CCCCCCCC)CCCCCCCC.[Cl-]. The van der Waals surface area contributed by atoms with E-state index in [1.54, 1.807) is 0 Å². The van der Waals surface area contributed by atoms with Crippen LogP contribution in [0.1, 0.15) is 279 Å². The van der Waals surface area contributed by atoms with Crippen LogP contribution in [-0.4, -0.2) is 41.7 Å². The van der Waals surface area contributed by atoms with Crippen LogP contribution in [-0.2, 0) is 4.79 Å². The number of halogens is 1. The van der Waals surface area contributed by atoms with E-state index in [-0.39, 0.29) is 12.4 Å². The van der Waals surface area contributed by atoms with Crippen molar-refractivity contribution in [1.29, 1.82) is 0 Å². The fraction of sp³-hybridized carbons (Fsp3) is 0.940. The molecule has 3 nitrogen and oxygen atoms in total. The van der Waals surface area contributed by atoms with E-state index in [9.17, 15) is 4.79 Å². The molecule has 0 aromatic carbocycles. The molecule has 0 rings (SSSR count). The summed E-state index contributed by atoms with van der Waals surface area (Å²) in [7, 11) is 0. The highest BCUT2D eigenvalue weighted by molar-refractivity contribution is 5.66. The highest BCUT2D eigenvalue weighted by Crippen LogP contribution is 2.21. The predicted molar refractivity (Wildman–Crippen MR) is 240 cm³/mol. The third kappa shape index (κ3) is 47.6. The van der Waals surface area contributed by atoms with Gasteiger partial charge in [-0.2, -0.15) is 0 Å². The molecule has 326 valence electrons. The number of nitrogens with zero attached hydrogens (tertiary/aromatic N) is 1. The number of unbranched alkanes of at least 4 members (excludes halogenated alkanes) is 31. The fourth-order valence-corrected chi connectivity index (χ4v) is 7.93. The van der Waals surface area contributed by atoms with Crippen molar-refractivity contribution >= 4 is 5.97 Å². The Morgan fingerprint density at radius 2 is 0.574 bits per heavy atom. The maximum absolute atomic E-state index is 10.3. The zero-order valence-corrected chi connectivity index (χ0v) is 38.8. The fourth-order valence-electron chi connectivity index (χ4n) is 7.93. The molecular formula is C50H102ClNO2. The number of carboxylic acids is 1. The summed E-state index contributed by atoms with van der Waals surface area (Å²) in [5.74, 6) is -0.664. The van der Waals surface area contributed by atoms with E-state index >= 15 is 0 Å². The van der Waals surface area contributed by atoms with Crippen molar-refractivity contribution in [2.75, 3.05) is 26.2 Å². The van der Waals surface area contributed by atoms with Crippen LogP contribution >= 0.6 is 0 Å². The monoisotopic (exact) mass is 784 g/mol. The minimum atomic E-state index is -0.664. The molecule has 0 amide bonds. The first-order valence-electron chi connectivity index (χ1n) is 24.7. The zero-order valence-electron chi connectivity index (χ0n) is 38.0. The quantitative estimate of drug-likeness (QED) is 0.0380. The van der Waals surface area contributed by atoms with Gasteiger partial charge in [0.1, 0.15) is 0 Å². The van der Waals surface area contributed by atoms with Gasteiger partial charge in [-0.15, -0.1) is 0 Å². The Labute approximate surface area is 348 Å². The number of carboxylic acid groups (broad SMARTS) is 1. The van der Waals surface area contributed by atoms with E-state index in [0.717, 1.165) is 12.8 Å². The summed E-state index contributed by atoms with van der Waals surface area (Å²) in [5, 5.41) is 8.51. The maximum Gasteiger partial charge on any atom is 0.303 e. The molecule has 0 saturated carbocycles. The van der Waals surface area contributed by atoms with Gasteiger partial charge < -0.3 is 22.0 Å². The standard InChI is InChI=1S/C32H68N.C18H34O2.ClH/c1-5-9-13-17-21-25-29-33(30-26-22-18-14-10-6-2,31-27-23-19-15-11-7-3)32-28-24-20-16-12-8-4;1-2-3-4-5-6-7-8-9-10-11-12-13-14-15-16-17-18(19)20;/h5-32H2,1-4H3;9-10H,2-8,11-17H2,1H3,(H,19,20);1H/q+1;;/p-1/b;10-9-;. The second kappa shape index (κ2) is 50.5. The summed E-state index contributed by atoms with van der Waals surface area (Å²) in [4.78, 5) is 10.3.